The number of para-hydroxylation sites is 1. The molecule has 0 bridgehead atoms. The largest absolute Gasteiger partial charge is 0.457 e. The van der Waals surface area contributed by atoms with Crippen LogP contribution in [0.5, 0.6) is 11.5 Å². The number of nitrogens with zero attached hydrogens (tertiary/aromatic N) is 2. The number of thiazole rings is 1. The van der Waals surface area contributed by atoms with Gasteiger partial charge in [0.25, 0.3) is 0 Å². The monoisotopic (exact) mass is 479 g/mol. The van der Waals surface area contributed by atoms with Gasteiger partial charge in [-0.2, -0.15) is 4.31 Å². The van der Waals surface area contributed by atoms with Crippen molar-refractivity contribution < 1.29 is 13.2 Å². The highest BCUT2D eigenvalue weighted by atomic mass is 32.2. The Labute approximate surface area is 198 Å². The molecule has 4 aromatic rings. The van der Waals surface area contributed by atoms with E-state index < -0.39 is 10.0 Å². The second-order valence-electron chi connectivity index (χ2n) is 7.22. The molecule has 0 atom stereocenters. The molecular formula is C25H25N3O3S2. The van der Waals surface area contributed by atoms with E-state index in [0.717, 1.165) is 33.6 Å². The standard InChI is InChI=1S/C25H25N3O3S2/c1-3-28(4-2)33(29,30)23-16-10-19(11-17-23)24-18-32-25(27-24)26-20-12-14-22(15-13-20)31-21-8-6-5-7-9-21/h5-18H,3-4H2,1-2H3,(H,26,27). The van der Waals surface area contributed by atoms with Gasteiger partial charge in [0.2, 0.25) is 10.0 Å². The first kappa shape index (κ1) is 23.0. The smallest absolute Gasteiger partial charge is 0.243 e. The van der Waals surface area contributed by atoms with Crippen molar-refractivity contribution in [3.05, 3.63) is 84.2 Å². The molecule has 0 fully saturated rings. The minimum absolute atomic E-state index is 0.293. The SMILES string of the molecule is CCN(CC)S(=O)(=O)c1ccc(-c2csc(Nc3ccc(Oc4ccccc4)cc3)n2)cc1. The molecular weight excluding hydrogens is 454 g/mol. The van der Waals surface area contributed by atoms with Crippen LogP contribution in [0.1, 0.15) is 13.8 Å². The zero-order valence-electron chi connectivity index (χ0n) is 18.4. The molecule has 0 unspecified atom stereocenters. The molecule has 0 aliphatic carbocycles. The van der Waals surface area contributed by atoms with E-state index in [4.69, 9.17) is 4.74 Å². The van der Waals surface area contributed by atoms with E-state index in [-0.39, 0.29) is 0 Å². The average Bonchev–Trinajstić information content (AvgIpc) is 3.30. The van der Waals surface area contributed by atoms with Gasteiger partial charge in [-0.15, -0.1) is 11.3 Å². The quantitative estimate of drug-likeness (QED) is 0.302. The van der Waals surface area contributed by atoms with Crippen LogP contribution in [0, 0.1) is 0 Å². The van der Waals surface area contributed by atoms with Crippen molar-refractivity contribution in [3.8, 4) is 22.8 Å². The van der Waals surface area contributed by atoms with Gasteiger partial charge in [-0.1, -0.05) is 44.2 Å². The number of hydrogen-bond acceptors (Lipinski definition) is 6. The molecule has 0 aliphatic rings. The molecule has 0 spiro atoms. The lowest BCUT2D eigenvalue weighted by Gasteiger charge is -2.18. The number of sulfonamides is 1. The third-order valence-corrected chi connectivity index (χ3v) is 7.90. The summed E-state index contributed by atoms with van der Waals surface area (Å²) in [6, 6.07) is 24.2. The molecule has 170 valence electrons. The van der Waals surface area contributed by atoms with Gasteiger partial charge in [-0.3, -0.25) is 0 Å². The van der Waals surface area contributed by atoms with E-state index in [1.165, 1.54) is 15.6 Å². The second kappa shape index (κ2) is 10.2. The highest BCUT2D eigenvalue weighted by Crippen LogP contribution is 2.29. The number of anilines is 2. The number of rotatable bonds is 9. The summed E-state index contributed by atoms with van der Waals surface area (Å²) in [6.45, 7) is 4.56. The number of hydrogen-bond donors (Lipinski definition) is 1. The van der Waals surface area contributed by atoms with Crippen LogP contribution in [0.4, 0.5) is 10.8 Å². The maximum Gasteiger partial charge on any atom is 0.243 e. The predicted octanol–water partition coefficient (Wildman–Crippen LogP) is 6.38. The highest BCUT2D eigenvalue weighted by Gasteiger charge is 2.21. The van der Waals surface area contributed by atoms with Crippen LogP contribution in [0.15, 0.2) is 89.1 Å². The van der Waals surface area contributed by atoms with Gasteiger partial charge in [-0.05, 0) is 48.5 Å². The first-order chi connectivity index (χ1) is 16.0. The topological polar surface area (TPSA) is 71.5 Å². The Balaban J connectivity index is 1.43. The Bertz CT molecular complexity index is 1280. The Morgan fingerprint density at radius 2 is 1.52 bits per heavy atom. The van der Waals surface area contributed by atoms with Crippen molar-refractivity contribution in [3.63, 3.8) is 0 Å². The first-order valence-electron chi connectivity index (χ1n) is 10.7. The maximum atomic E-state index is 12.7. The predicted molar refractivity (Wildman–Crippen MR) is 134 cm³/mol. The number of aromatic nitrogens is 1. The van der Waals surface area contributed by atoms with Crippen LogP contribution in [0.3, 0.4) is 0 Å². The summed E-state index contributed by atoms with van der Waals surface area (Å²) in [6.07, 6.45) is 0. The summed E-state index contributed by atoms with van der Waals surface area (Å²) < 4.78 is 32.6. The van der Waals surface area contributed by atoms with Crippen LogP contribution in [-0.2, 0) is 10.0 Å². The highest BCUT2D eigenvalue weighted by molar-refractivity contribution is 7.89. The zero-order chi connectivity index (χ0) is 23.3. The molecule has 0 aliphatic heterocycles. The zero-order valence-corrected chi connectivity index (χ0v) is 20.1. The summed E-state index contributed by atoms with van der Waals surface area (Å²) in [5.74, 6) is 1.55. The fourth-order valence-electron chi connectivity index (χ4n) is 3.33. The van der Waals surface area contributed by atoms with Crippen molar-refractivity contribution >= 4 is 32.2 Å². The Kier molecular flexibility index (Phi) is 7.08. The molecule has 8 heteroatoms. The van der Waals surface area contributed by atoms with Gasteiger partial charge < -0.3 is 10.1 Å². The molecule has 0 radical (unpaired) electrons. The molecule has 0 amide bonds. The minimum Gasteiger partial charge on any atom is -0.457 e. The molecule has 4 rings (SSSR count). The second-order valence-corrected chi connectivity index (χ2v) is 10.0. The Morgan fingerprint density at radius 3 is 2.15 bits per heavy atom. The summed E-state index contributed by atoms with van der Waals surface area (Å²) in [7, 11) is -3.47. The van der Waals surface area contributed by atoms with E-state index in [1.54, 1.807) is 24.3 Å². The average molecular weight is 480 g/mol. The van der Waals surface area contributed by atoms with Gasteiger partial charge in [0.1, 0.15) is 11.5 Å². The summed E-state index contributed by atoms with van der Waals surface area (Å²) >= 11 is 1.49. The lowest BCUT2D eigenvalue weighted by Crippen LogP contribution is -2.30. The van der Waals surface area contributed by atoms with Crippen LogP contribution in [0.25, 0.3) is 11.3 Å². The van der Waals surface area contributed by atoms with Gasteiger partial charge in [0.05, 0.1) is 10.6 Å². The Morgan fingerprint density at radius 1 is 0.879 bits per heavy atom. The molecule has 0 saturated heterocycles. The summed E-state index contributed by atoms with van der Waals surface area (Å²) in [5.41, 5.74) is 2.56. The van der Waals surface area contributed by atoms with E-state index >= 15 is 0 Å². The third kappa shape index (κ3) is 5.42. The van der Waals surface area contributed by atoms with Gasteiger partial charge >= 0.3 is 0 Å². The molecule has 3 aromatic carbocycles. The summed E-state index contributed by atoms with van der Waals surface area (Å²) in [4.78, 5) is 4.93. The van der Waals surface area contributed by atoms with Crippen molar-refractivity contribution in [1.29, 1.82) is 0 Å². The normalized spacial score (nSPS) is 11.5. The maximum absolute atomic E-state index is 12.7. The first-order valence-corrected chi connectivity index (χ1v) is 13.0. The number of nitrogens with one attached hydrogen (secondary N) is 1. The Hall–Kier alpha value is -3.20. The number of ether oxygens (including phenoxy) is 1. The van der Waals surface area contributed by atoms with Crippen LogP contribution in [-0.4, -0.2) is 30.8 Å². The van der Waals surface area contributed by atoms with Crippen LogP contribution >= 0.6 is 11.3 Å². The minimum atomic E-state index is -3.47. The van der Waals surface area contributed by atoms with E-state index in [0.29, 0.717) is 18.0 Å². The van der Waals surface area contributed by atoms with Crippen molar-refractivity contribution in [1.82, 2.24) is 9.29 Å². The molecule has 6 nitrogen and oxygen atoms in total. The fraction of sp³-hybridized carbons (Fsp3) is 0.160. The lowest BCUT2D eigenvalue weighted by atomic mass is 10.2. The van der Waals surface area contributed by atoms with Gasteiger partial charge in [0.15, 0.2) is 5.13 Å². The number of benzene rings is 3. The van der Waals surface area contributed by atoms with Crippen molar-refractivity contribution in [2.75, 3.05) is 18.4 Å². The van der Waals surface area contributed by atoms with E-state index in [1.807, 2.05) is 73.8 Å². The molecule has 1 heterocycles. The van der Waals surface area contributed by atoms with E-state index in [9.17, 15) is 8.42 Å². The molecule has 33 heavy (non-hydrogen) atoms. The van der Waals surface area contributed by atoms with Crippen LogP contribution < -0.4 is 10.1 Å². The van der Waals surface area contributed by atoms with Crippen molar-refractivity contribution in [2.24, 2.45) is 0 Å². The van der Waals surface area contributed by atoms with Crippen LogP contribution in [0.2, 0.25) is 0 Å². The van der Waals surface area contributed by atoms with E-state index in [2.05, 4.69) is 10.3 Å². The lowest BCUT2D eigenvalue weighted by molar-refractivity contribution is 0.445. The van der Waals surface area contributed by atoms with Crippen molar-refractivity contribution in [2.45, 2.75) is 18.7 Å². The molecule has 1 aromatic heterocycles. The van der Waals surface area contributed by atoms with Gasteiger partial charge in [-0.25, -0.2) is 13.4 Å². The van der Waals surface area contributed by atoms with Gasteiger partial charge in [0, 0.05) is 29.7 Å². The molecule has 1 N–H and O–H groups in total. The molecule has 0 saturated carbocycles. The third-order valence-electron chi connectivity index (χ3n) is 5.08. The summed E-state index contributed by atoms with van der Waals surface area (Å²) in [5, 5.41) is 6.00. The fourth-order valence-corrected chi connectivity index (χ4v) is 5.53.